The van der Waals surface area contributed by atoms with Gasteiger partial charge in [-0.1, -0.05) is 46.0 Å². The minimum Gasteiger partial charge on any atom is -0.312 e. The average molecular weight is 239 g/mol. The molecule has 0 aliphatic heterocycles. The van der Waals surface area contributed by atoms with Crippen LogP contribution in [-0.2, 0) is 0 Å². The van der Waals surface area contributed by atoms with E-state index in [9.17, 15) is 0 Å². The van der Waals surface area contributed by atoms with Crippen molar-refractivity contribution in [2.45, 2.75) is 77.7 Å². The van der Waals surface area contributed by atoms with E-state index < -0.39 is 0 Å². The van der Waals surface area contributed by atoms with Crippen LogP contribution in [0.4, 0.5) is 0 Å². The van der Waals surface area contributed by atoms with Crippen LogP contribution in [0.15, 0.2) is 4.99 Å². The lowest BCUT2D eigenvalue weighted by atomic mass is 9.94. The number of aliphatic imine (C=N–C) groups is 1. The van der Waals surface area contributed by atoms with Gasteiger partial charge < -0.3 is 5.43 Å². The zero-order valence-corrected chi connectivity index (χ0v) is 11.5. The number of rotatable bonds is 6. The van der Waals surface area contributed by atoms with E-state index in [2.05, 4.69) is 19.3 Å². The van der Waals surface area contributed by atoms with Crippen molar-refractivity contribution in [2.24, 2.45) is 16.8 Å². The van der Waals surface area contributed by atoms with E-state index in [1.165, 1.54) is 51.4 Å². The molecule has 1 atom stereocenters. The normalized spacial score (nSPS) is 20.3. The van der Waals surface area contributed by atoms with E-state index in [-0.39, 0.29) is 0 Å². The van der Waals surface area contributed by atoms with Crippen molar-refractivity contribution in [3.63, 3.8) is 0 Å². The van der Waals surface area contributed by atoms with E-state index in [1.54, 1.807) is 0 Å². The van der Waals surface area contributed by atoms with Crippen molar-refractivity contribution in [1.29, 1.82) is 0 Å². The number of unbranched alkanes of at least 4 members (excludes halogenated alkanes) is 1. The van der Waals surface area contributed by atoms with Crippen LogP contribution >= 0.6 is 0 Å². The minimum atomic E-state index is 0.519. The van der Waals surface area contributed by atoms with E-state index in [4.69, 9.17) is 10.8 Å². The molecule has 100 valence electrons. The van der Waals surface area contributed by atoms with Crippen LogP contribution < -0.4 is 11.3 Å². The summed E-state index contributed by atoms with van der Waals surface area (Å²) in [6, 6.07) is 0.519. The Balaban J connectivity index is 2.55. The molecule has 0 spiro atoms. The highest BCUT2D eigenvalue weighted by atomic mass is 15.3. The van der Waals surface area contributed by atoms with Crippen molar-refractivity contribution in [3.8, 4) is 0 Å². The summed E-state index contributed by atoms with van der Waals surface area (Å²) in [5.41, 5.74) is 2.86. The summed E-state index contributed by atoms with van der Waals surface area (Å²) >= 11 is 0. The number of hydrogen-bond donors (Lipinski definition) is 2. The van der Waals surface area contributed by atoms with Crippen molar-refractivity contribution < 1.29 is 0 Å². The largest absolute Gasteiger partial charge is 0.312 e. The number of nitrogens with one attached hydrogen (secondary N) is 1. The topological polar surface area (TPSA) is 50.4 Å². The summed E-state index contributed by atoms with van der Waals surface area (Å²) in [6.07, 6.45) is 11.4. The number of nitrogens with two attached hydrogens (primary N) is 1. The first kappa shape index (κ1) is 14.5. The molecule has 3 heteroatoms. The monoisotopic (exact) mass is 239 g/mol. The van der Waals surface area contributed by atoms with Crippen molar-refractivity contribution in [3.05, 3.63) is 0 Å². The standard InChI is InChI=1S/C14H29N3/c1-3-5-9-12(4-2)14(17-15)16-13-10-7-6-8-11-13/h12-13H,3-11,15H2,1-2H3,(H,16,17). The van der Waals surface area contributed by atoms with E-state index in [0.29, 0.717) is 12.0 Å². The van der Waals surface area contributed by atoms with Gasteiger partial charge in [0.25, 0.3) is 0 Å². The lowest BCUT2D eigenvalue weighted by Crippen LogP contribution is -2.37. The number of nitrogens with zero attached hydrogens (tertiary/aromatic N) is 1. The third kappa shape index (κ3) is 5.07. The fourth-order valence-electron chi connectivity index (χ4n) is 2.65. The van der Waals surface area contributed by atoms with Crippen LogP contribution in [-0.4, -0.2) is 11.9 Å². The molecular weight excluding hydrogens is 210 g/mol. The van der Waals surface area contributed by atoms with Crippen LogP contribution in [0.3, 0.4) is 0 Å². The maximum atomic E-state index is 5.66. The Morgan fingerprint density at radius 2 is 2.00 bits per heavy atom. The second-order valence-corrected chi connectivity index (χ2v) is 5.20. The fourth-order valence-corrected chi connectivity index (χ4v) is 2.65. The zero-order valence-electron chi connectivity index (χ0n) is 11.5. The molecule has 1 fully saturated rings. The molecule has 1 saturated carbocycles. The van der Waals surface area contributed by atoms with Gasteiger partial charge in [0.15, 0.2) is 0 Å². The molecule has 0 bridgehead atoms. The first-order chi connectivity index (χ1) is 8.31. The number of hydrazine groups is 1. The van der Waals surface area contributed by atoms with Gasteiger partial charge in [-0.3, -0.25) is 4.99 Å². The highest BCUT2D eigenvalue weighted by molar-refractivity contribution is 5.84. The lowest BCUT2D eigenvalue weighted by Gasteiger charge is -2.22. The van der Waals surface area contributed by atoms with Gasteiger partial charge in [-0.05, 0) is 25.7 Å². The molecular formula is C14H29N3. The molecule has 3 N–H and O–H groups in total. The molecule has 0 saturated heterocycles. The predicted octanol–water partition coefficient (Wildman–Crippen LogP) is 3.40. The summed E-state index contributed by atoms with van der Waals surface area (Å²) < 4.78 is 0. The lowest BCUT2D eigenvalue weighted by molar-refractivity contribution is 0.437. The molecule has 17 heavy (non-hydrogen) atoms. The second-order valence-electron chi connectivity index (χ2n) is 5.20. The molecule has 0 radical (unpaired) electrons. The molecule has 0 aromatic carbocycles. The van der Waals surface area contributed by atoms with E-state index >= 15 is 0 Å². The van der Waals surface area contributed by atoms with Crippen LogP contribution in [0.5, 0.6) is 0 Å². The number of hydrogen-bond acceptors (Lipinski definition) is 2. The highest BCUT2D eigenvalue weighted by Gasteiger charge is 2.17. The number of amidine groups is 1. The highest BCUT2D eigenvalue weighted by Crippen LogP contribution is 2.22. The summed E-state index contributed by atoms with van der Waals surface area (Å²) in [6.45, 7) is 4.47. The first-order valence-corrected chi connectivity index (χ1v) is 7.36. The Morgan fingerprint density at radius 1 is 1.29 bits per heavy atom. The third-order valence-corrected chi connectivity index (χ3v) is 3.83. The van der Waals surface area contributed by atoms with Gasteiger partial charge in [0, 0.05) is 5.92 Å². The van der Waals surface area contributed by atoms with E-state index in [0.717, 1.165) is 12.3 Å². The molecule has 0 amide bonds. The average Bonchev–Trinajstić information content (AvgIpc) is 2.39. The van der Waals surface area contributed by atoms with Gasteiger partial charge >= 0.3 is 0 Å². The summed E-state index contributed by atoms with van der Waals surface area (Å²) in [7, 11) is 0. The Morgan fingerprint density at radius 3 is 2.53 bits per heavy atom. The maximum Gasteiger partial charge on any atom is 0.114 e. The molecule has 1 unspecified atom stereocenters. The van der Waals surface area contributed by atoms with Crippen LogP contribution in [0, 0.1) is 5.92 Å². The van der Waals surface area contributed by atoms with Gasteiger partial charge in [-0.2, -0.15) is 0 Å². The second kappa shape index (κ2) is 8.51. The van der Waals surface area contributed by atoms with Crippen LogP contribution in [0.25, 0.3) is 0 Å². The fraction of sp³-hybridized carbons (Fsp3) is 0.929. The zero-order chi connectivity index (χ0) is 12.5. The molecule has 1 aliphatic carbocycles. The van der Waals surface area contributed by atoms with Crippen LogP contribution in [0.1, 0.15) is 71.6 Å². The summed E-state index contributed by atoms with van der Waals surface area (Å²) in [5.74, 6) is 7.24. The van der Waals surface area contributed by atoms with Crippen LogP contribution in [0.2, 0.25) is 0 Å². The Kier molecular flexibility index (Phi) is 7.25. The van der Waals surface area contributed by atoms with E-state index in [1.807, 2.05) is 0 Å². The smallest absolute Gasteiger partial charge is 0.114 e. The molecule has 0 heterocycles. The molecule has 1 rings (SSSR count). The molecule has 0 aromatic rings. The summed E-state index contributed by atoms with van der Waals surface area (Å²) in [4.78, 5) is 4.86. The predicted molar refractivity (Wildman–Crippen MR) is 74.9 cm³/mol. The molecule has 3 nitrogen and oxygen atoms in total. The Bertz CT molecular complexity index is 220. The Hall–Kier alpha value is -0.570. The third-order valence-electron chi connectivity index (χ3n) is 3.83. The summed E-state index contributed by atoms with van der Waals surface area (Å²) in [5, 5.41) is 0. The first-order valence-electron chi connectivity index (χ1n) is 7.36. The van der Waals surface area contributed by atoms with Crippen molar-refractivity contribution >= 4 is 5.84 Å². The Labute approximate surface area is 106 Å². The van der Waals surface area contributed by atoms with Gasteiger partial charge in [0.2, 0.25) is 0 Å². The minimum absolute atomic E-state index is 0.519. The van der Waals surface area contributed by atoms with Gasteiger partial charge in [0.05, 0.1) is 6.04 Å². The van der Waals surface area contributed by atoms with Gasteiger partial charge in [-0.25, -0.2) is 5.84 Å². The van der Waals surface area contributed by atoms with Gasteiger partial charge in [-0.15, -0.1) is 0 Å². The SMILES string of the molecule is CCCCC(CC)C(=NC1CCCCC1)NN. The quantitative estimate of drug-likeness (QED) is 0.323. The van der Waals surface area contributed by atoms with Gasteiger partial charge in [0.1, 0.15) is 5.84 Å². The molecule has 1 aliphatic rings. The van der Waals surface area contributed by atoms with Crippen molar-refractivity contribution in [1.82, 2.24) is 5.43 Å². The maximum absolute atomic E-state index is 5.66. The molecule has 0 aromatic heterocycles. The van der Waals surface area contributed by atoms with Crippen molar-refractivity contribution in [2.75, 3.05) is 0 Å².